The fraction of sp³-hybridized carbons (Fsp3) is 0.200. The quantitative estimate of drug-likeness (QED) is 0.859. The zero-order valence-corrected chi connectivity index (χ0v) is 12.5. The molecule has 2 aromatic carbocycles. The summed E-state index contributed by atoms with van der Waals surface area (Å²) in [5.74, 6) is 1.25. The summed E-state index contributed by atoms with van der Waals surface area (Å²) in [6.07, 6.45) is 0. The number of ether oxygens (including phenoxy) is 1. The fourth-order valence-electron chi connectivity index (χ4n) is 1.64. The largest absolute Gasteiger partial charge is 0.457 e. The van der Waals surface area contributed by atoms with Crippen molar-refractivity contribution >= 4 is 15.7 Å². The molecular formula is C15H18N2O3S. The molecular weight excluding hydrogens is 288 g/mol. The van der Waals surface area contributed by atoms with Crippen molar-refractivity contribution in [1.29, 1.82) is 0 Å². The molecule has 6 heteroatoms. The first kappa shape index (κ1) is 15.3. The number of hydrogen-bond donors (Lipinski definition) is 2. The van der Waals surface area contributed by atoms with Crippen LogP contribution in [0.3, 0.4) is 0 Å². The van der Waals surface area contributed by atoms with Crippen LogP contribution in [0, 0.1) is 0 Å². The molecule has 0 aromatic heterocycles. The van der Waals surface area contributed by atoms with Crippen molar-refractivity contribution in [3.63, 3.8) is 0 Å². The van der Waals surface area contributed by atoms with E-state index in [4.69, 9.17) is 10.5 Å². The maximum absolute atomic E-state index is 12.0. The first-order chi connectivity index (χ1) is 10.0. The van der Waals surface area contributed by atoms with Crippen LogP contribution in [0.4, 0.5) is 5.69 Å². The molecule has 0 aliphatic rings. The van der Waals surface area contributed by atoms with Gasteiger partial charge in [-0.3, -0.25) is 4.72 Å². The lowest BCUT2D eigenvalue weighted by Crippen LogP contribution is -2.31. The Kier molecular flexibility index (Phi) is 4.82. The van der Waals surface area contributed by atoms with Crippen LogP contribution in [-0.4, -0.2) is 20.2 Å². The summed E-state index contributed by atoms with van der Waals surface area (Å²) in [6.45, 7) is 1.63. The molecule has 0 spiro atoms. The zero-order valence-electron chi connectivity index (χ0n) is 11.7. The standard InChI is InChI=1S/C15H18N2O3S/c1-12(11-16)21(18,19)17-13-6-5-9-15(10-13)20-14-7-3-2-4-8-14/h2-10,12,17H,11,16H2,1H3. The van der Waals surface area contributed by atoms with E-state index in [0.717, 1.165) is 0 Å². The minimum atomic E-state index is -3.48. The van der Waals surface area contributed by atoms with Gasteiger partial charge in [0.05, 0.1) is 10.9 Å². The predicted octanol–water partition coefficient (Wildman–Crippen LogP) is 2.57. The van der Waals surface area contributed by atoms with E-state index in [9.17, 15) is 8.42 Å². The Hall–Kier alpha value is -2.05. The molecule has 1 unspecified atom stereocenters. The lowest BCUT2D eigenvalue weighted by molar-refractivity contribution is 0.483. The summed E-state index contributed by atoms with van der Waals surface area (Å²) in [5.41, 5.74) is 5.85. The lowest BCUT2D eigenvalue weighted by Gasteiger charge is -2.13. The van der Waals surface area contributed by atoms with Gasteiger partial charge in [-0.2, -0.15) is 0 Å². The van der Waals surface area contributed by atoms with Crippen LogP contribution in [0.5, 0.6) is 11.5 Å². The van der Waals surface area contributed by atoms with Gasteiger partial charge in [0.25, 0.3) is 0 Å². The molecule has 0 aliphatic heterocycles. The number of benzene rings is 2. The Balaban J connectivity index is 2.15. The first-order valence-electron chi connectivity index (χ1n) is 6.56. The summed E-state index contributed by atoms with van der Waals surface area (Å²) in [7, 11) is -3.48. The van der Waals surface area contributed by atoms with Crippen LogP contribution in [-0.2, 0) is 10.0 Å². The van der Waals surface area contributed by atoms with Gasteiger partial charge in [-0.05, 0) is 31.2 Å². The van der Waals surface area contributed by atoms with Gasteiger partial charge in [0.15, 0.2) is 0 Å². The third-order valence-electron chi connectivity index (χ3n) is 2.93. The smallest absolute Gasteiger partial charge is 0.236 e. The number of hydrogen-bond acceptors (Lipinski definition) is 4. The van der Waals surface area contributed by atoms with Crippen LogP contribution in [0.25, 0.3) is 0 Å². The van der Waals surface area contributed by atoms with E-state index in [2.05, 4.69) is 4.72 Å². The predicted molar refractivity (Wildman–Crippen MR) is 84.0 cm³/mol. The van der Waals surface area contributed by atoms with E-state index in [1.807, 2.05) is 30.3 Å². The second-order valence-corrected chi connectivity index (χ2v) is 6.74. The number of nitrogens with one attached hydrogen (secondary N) is 1. The highest BCUT2D eigenvalue weighted by Gasteiger charge is 2.19. The second kappa shape index (κ2) is 6.60. The highest BCUT2D eigenvalue weighted by molar-refractivity contribution is 7.93. The maximum atomic E-state index is 12.0. The third-order valence-corrected chi connectivity index (χ3v) is 4.71. The Morgan fingerprint density at radius 2 is 1.76 bits per heavy atom. The molecule has 0 bridgehead atoms. The number of nitrogens with two attached hydrogens (primary N) is 1. The minimum Gasteiger partial charge on any atom is -0.457 e. The molecule has 3 N–H and O–H groups in total. The Morgan fingerprint density at radius 1 is 1.10 bits per heavy atom. The monoisotopic (exact) mass is 306 g/mol. The van der Waals surface area contributed by atoms with Crippen LogP contribution >= 0.6 is 0 Å². The Morgan fingerprint density at radius 3 is 2.43 bits per heavy atom. The van der Waals surface area contributed by atoms with E-state index in [0.29, 0.717) is 17.2 Å². The van der Waals surface area contributed by atoms with Gasteiger partial charge in [-0.15, -0.1) is 0 Å². The molecule has 0 radical (unpaired) electrons. The van der Waals surface area contributed by atoms with E-state index < -0.39 is 15.3 Å². The molecule has 0 aliphatic carbocycles. The number of anilines is 1. The summed E-state index contributed by atoms with van der Waals surface area (Å²) in [6, 6.07) is 16.1. The third kappa shape index (κ3) is 4.21. The van der Waals surface area contributed by atoms with Gasteiger partial charge in [0, 0.05) is 12.6 Å². The van der Waals surface area contributed by atoms with Crippen molar-refractivity contribution in [2.75, 3.05) is 11.3 Å². The van der Waals surface area contributed by atoms with Gasteiger partial charge >= 0.3 is 0 Å². The number of rotatable bonds is 6. The molecule has 2 rings (SSSR count). The molecule has 0 saturated heterocycles. The molecule has 0 fully saturated rings. The van der Waals surface area contributed by atoms with E-state index >= 15 is 0 Å². The summed E-state index contributed by atoms with van der Waals surface area (Å²) in [4.78, 5) is 0. The fourth-order valence-corrected chi connectivity index (χ4v) is 2.55. The second-order valence-electron chi connectivity index (χ2n) is 4.64. The van der Waals surface area contributed by atoms with Crippen LogP contribution in [0.15, 0.2) is 54.6 Å². The van der Waals surface area contributed by atoms with Gasteiger partial charge in [0.1, 0.15) is 11.5 Å². The Labute approximate surface area is 124 Å². The van der Waals surface area contributed by atoms with Crippen molar-refractivity contribution in [2.24, 2.45) is 5.73 Å². The van der Waals surface area contributed by atoms with Crippen molar-refractivity contribution in [3.8, 4) is 11.5 Å². The molecule has 1 atom stereocenters. The average Bonchev–Trinajstić information content (AvgIpc) is 2.47. The zero-order chi connectivity index (χ0) is 15.3. The molecule has 2 aromatic rings. The summed E-state index contributed by atoms with van der Waals surface area (Å²) < 4.78 is 32.1. The Bertz CT molecular complexity index is 687. The molecule has 0 amide bonds. The molecule has 21 heavy (non-hydrogen) atoms. The molecule has 0 saturated carbocycles. The minimum absolute atomic E-state index is 0.0650. The number of para-hydroxylation sites is 1. The van der Waals surface area contributed by atoms with E-state index in [-0.39, 0.29) is 6.54 Å². The van der Waals surface area contributed by atoms with Crippen molar-refractivity contribution < 1.29 is 13.2 Å². The summed E-state index contributed by atoms with van der Waals surface area (Å²) >= 11 is 0. The van der Waals surface area contributed by atoms with Crippen molar-refractivity contribution in [1.82, 2.24) is 0 Å². The van der Waals surface area contributed by atoms with Crippen LogP contribution < -0.4 is 15.2 Å². The first-order valence-corrected chi connectivity index (χ1v) is 8.10. The average molecular weight is 306 g/mol. The van der Waals surface area contributed by atoms with Crippen molar-refractivity contribution in [2.45, 2.75) is 12.2 Å². The summed E-state index contributed by atoms with van der Waals surface area (Å²) in [5, 5.41) is -0.656. The molecule has 5 nitrogen and oxygen atoms in total. The van der Waals surface area contributed by atoms with Gasteiger partial charge in [0.2, 0.25) is 10.0 Å². The normalized spacial score (nSPS) is 12.7. The molecule has 0 heterocycles. The highest BCUT2D eigenvalue weighted by atomic mass is 32.2. The van der Waals surface area contributed by atoms with Gasteiger partial charge in [-0.25, -0.2) is 8.42 Å². The van der Waals surface area contributed by atoms with Gasteiger partial charge in [-0.1, -0.05) is 24.3 Å². The van der Waals surface area contributed by atoms with Gasteiger partial charge < -0.3 is 10.5 Å². The number of sulfonamides is 1. The lowest BCUT2D eigenvalue weighted by atomic mass is 10.3. The maximum Gasteiger partial charge on any atom is 0.236 e. The van der Waals surface area contributed by atoms with Crippen LogP contribution in [0.1, 0.15) is 6.92 Å². The van der Waals surface area contributed by atoms with Crippen LogP contribution in [0.2, 0.25) is 0 Å². The topological polar surface area (TPSA) is 81.4 Å². The van der Waals surface area contributed by atoms with E-state index in [1.54, 1.807) is 31.2 Å². The SMILES string of the molecule is CC(CN)S(=O)(=O)Nc1cccc(Oc2ccccc2)c1. The van der Waals surface area contributed by atoms with Crippen molar-refractivity contribution in [3.05, 3.63) is 54.6 Å². The van der Waals surface area contributed by atoms with E-state index in [1.165, 1.54) is 0 Å². The molecule has 112 valence electrons. The highest BCUT2D eigenvalue weighted by Crippen LogP contribution is 2.24.